The van der Waals surface area contributed by atoms with Gasteiger partial charge in [-0.05, 0) is 37.5 Å². The van der Waals surface area contributed by atoms with Crippen LogP contribution in [-0.4, -0.2) is 96.7 Å². The van der Waals surface area contributed by atoms with Crippen LogP contribution >= 0.6 is 15.6 Å². The molecule has 17 nitrogen and oxygen atoms in total. The molecule has 0 aliphatic rings. The minimum Gasteiger partial charge on any atom is -0.462 e. The number of rotatable bonds is 81. The highest BCUT2D eigenvalue weighted by molar-refractivity contribution is 7.47. The highest BCUT2D eigenvalue weighted by Crippen LogP contribution is 2.45. The Morgan fingerprint density at radius 2 is 0.455 bits per heavy atom. The number of hydrogen-bond acceptors (Lipinski definition) is 15. The summed E-state index contributed by atoms with van der Waals surface area (Å²) < 4.78 is 68.8. The van der Waals surface area contributed by atoms with Gasteiger partial charge in [-0.25, -0.2) is 9.13 Å². The van der Waals surface area contributed by atoms with Gasteiger partial charge in [0.15, 0.2) is 12.2 Å². The molecule has 3 N–H and O–H groups in total. The maximum Gasteiger partial charge on any atom is 0.472 e. The van der Waals surface area contributed by atoms with Gasteiger partial charge in [-0.1, -0.05) is 382 Å². The summed E-state index contributed by atoms with van der Waals surface area (Å²) in [5.41, 5.74) is 0. The van der Waals surface area contributed by atoms with Crippen LogP contribution in [0.2, 0.25) is 0 Å². The van der Waals surface area contributed by atoms with Crippen molar-refractivity contribution in [2.75, 3.05) is 39.6 Å². The van der Waals surface area contributed by atoms with E-state index < -0.39 is 97.5 Å². The van der Waals surface area contributed by atoms with E-state index in [0.29, 0.717) is 25.7 Å². The summed E-state index contributed by atoms with van der Waals surface area (Å²) >= 11 is 0. The summed E-state index contributed by atoms with van der Waals surface area (Å²) in [5.74, 6) is -0.558. The Labute approximate surface area is 619 Å². The van der Waals surface area contributed by atoms with Gasteiger partial charge >= 0.3 is 39.5 Å². The Morgan fingerprint density at radius 1 is 0.267 bits per heavy atom. The van der Waals surface area contributed by atoms with Crippen LogP contribution < -0.4 is 0 Å². The average molecular weight is 1480 g/mol. The number of carbonyl (C=O) groups excluding carboxylic acids is 4. The first-order valence-corrected chi connectivity index (χ1v) is 45.5. The zero-order chi connectivity index (χ0) is 74.2. The molecule has 5 atom stereocenters. The number of carbonyl (C=O) groups is 4. The van der Waals surface area contributed by atoms with Crippen molar-refractivity contribution in [3.63, 3.8) is 0 Å². The Balaban J connectivity index is 5.26. The molecule has 0 saturated heterocycles. The second-order valence-electron chi connectivity index (χ2n) is 30.5. The maximum absolute atomic E-state index is 13.1. The van der Waals surface area contributed by atoms with E-state index in [-0.39, 0.29) is 25.7 Å². The van der Waals surface area contributed by atoms with Gasteiger partial charge in [-0.2, -0.15) is 0 Å². The predicted molar refractivity (Wildman–Crippen MR) is 414 cm³/mol. The van der Waals surface area contributed by atoms with Gasteiger partial charge in [0, 0.05) is 25.7 Å². The lowest BCUT2D eigenvalue weighted by molar-refractivity contribution is -0.161. The summed E-state index contributed by atoms with van der Waals surface area (Å²) in [6, 6.07) is 0. The zero-order valence-corrected chi connectivity index (χ0v) is 68.0. The van der Waals surface area contributed by atoms with Gasteiger partial charge in [0.05, 0.1) is 26.4 Å². The molecule has 0 heterocycles. The Bertz CT molecular complexity index is 1940. The van der Waals surface area contributed by atoms with Crippen LogP contribution in [0.5, 0.6) is 0 Å². The summed E-state index contributed by atoms with van der Waals surface area (Å²) in [7, 11) is -9.92. The Morgan fingerprint density at radius 3 is 0.673 bits per heavy atom. The van der Waals surface area contributed by atoms with Crippen molar-refractivity contribution in [1.29, 1.82) is 0 Å². The fourth-order valence-corrected chi connectivity index (χ4v) is 14.3. The van der Waals surface area contributed by atoms with E-state index in [9.17, 15) is 43.2 Å². The first-order valence-electron chi connectivity index (χ1n) is 42.5. The van der Waals surface area contributed by atoms with Crippen LogP contribution in [0.25, 0.3) is 0 Å². The standard InChI is InChI=1S/C82H160O17P2/c1-7-9-11-13-15-17-19-21-23-27-30-34-40-46-52-58-64-79(84)92-70-77(98-82(87)67-61-55-49-42-36-32-28-24-26-29-33-38-44-50-56-62-74(3)4)72-96-100(88,89)94-68-76(83)69-95-101(90,91)97-73-78(71-93-80(85)65-59-53-47-43-37-39-45-51-57-63-75(5)6)99-81(86)66-60-54-48-41-35-31-25-22-20-18-16-14-12-10-8-2/h74-78,83H,7-73H2,1-6H3,(H,88,89)(H,90,91)/t76-,77-,78-/m1/s1. The van der Waals surface area contributed by atoms with Crippen molar-refractivity contribution in [3.8, 4) is 0 Å². The topological polar surface area (TPSA) is 237 Å². The van der Waals surface area contributed by atoms with Gasteiger partial charge in [-0.15, -0.1) is 0 Å². The van der Waals surface area contributed by atoms with Crippen molar-refractivity contribution in [2.24, 2.45) is 11.8 Å². The molecule has 0 rings (SSSR count). The number of unbranched alkanes of at least 4 members (excludes halogenated alkanes) is 51. The molecule has 0 aromatic carbocycles. The smallest absolute Gasteiger partial charge is 0.462 e. The summed E-state index contributed by atoms with van der Waals surface area (Å²) in [6.45, 7) is 9.66. The molecule has 19 heteroatoms. The molecule has 101 heavy (non-hydrogen) atoms. The average Bonchev–Trinajstić information content (AvgIpc) is 0.951. The molecule has 0 fully saturated rings. The zero-order valence-electron chi connectivity index (χ0n) is 66.2. The van der Waals surface area contributed by atoms with Crippen LogP contribution in [0.4, 0.5) is 0 Å². The Kier molecular flexibility index (Phi) is 72.2. The third-order valence-electron chi connectivity index (χ3n) is 19.2. The molecule has 600 valence electrons. The second-order valence-corrected chi connectivity index (χ2v) is 33.4. The lowest BCUT2D eigenvalue weighted by Crippen LogP contribution is -2.30. The number of aliphatic hydroxyl groups is 1. The molecule has 0 aromatic heterocycles. The second kappa shape index (κ2) is 73.6. The van der Waals surface area contributed by atoms with E-state index in [1.807, 2.05) is 0 Å². The number of esters is 4. The fourth-order valence-electron chi connectivity index (χ4n) is 12.7. The monoisotopic (exact) mass is 1480 g/mol. The molecule has 2 unspecified atom stereocenters. The van der Waals surface area contributed by atoms with Crippen molar-refractivity contribution in [3.05, 3.63) is 0 Å². The van der Waals surface area contributed by atoms with Crippen LogP contribution in [0.3, 0.4) is 0 Å². The first-order chi connectivity index (χ1) is 48.9. The molecule has 0 spiro atoms. The van der Waals surface area contributed by atoms with Crippen molar-refractivity contribution >= 4 is 39.5 Å². The van der Waals surface area contributed by atoms with Gasteiger partial charge < -0.3 is 33.8 Å². The van der Waals surface area contributed by atoms with Crippen LogP contribution in [0.1, 0.15) is 433 Å². The summed E-state index contributed by atoms with van der Waals surface area (Å²) in [5, 5.41) is 10.7. The normalized spacial score (nSPS) is 13.9. The SMILES string of the molecule is CCCCCCCCCCCCCCCCCCC(=O)OC[C@H](COP(=O)(O)OC[C@@H](O)COP(=O)(O)OC[C@@H](COC(=O)CCCCCCCCCCCC(C)C)OC(=O)CCCCCCCCCCCCCCCCC)OC(=O)CCCCCCCCCCCCCCCCCC(C)C. The van der Waals surface area contributed by atoms with Crippen LogP contribution in [0, 0.1) is 11.8 Å². The van der Waals surface area contributed by atoms with Crippen LogP contribution in [-0.2, 0) is 65.4 Å². The molecule has 0 radical (unpaired) electrons. The maximum atomic E-state index is 13.1. The van der Waals surface area contributed by atoms with Crippen molar-refractivity contribution in [1.82, 2.24) is 0 Å². The minimum atomic E-state index is -4.96. The molecule has 0 bridgehead atoms. The number of hydrogen-bond donors (Lipinski definition) is 3. The number of phosphoric acid groups is 2. The van der Waals surface area contributed by atoms with E-state index in [1.54, 1.807) is 0 Å². The van der Waals surface area contributed by atoms with E-state index >= 15 is 0 Å². The molecule has 0 aliphatic carbocycles. The molecule has 0 aromatic rings. The molecule has 0 aliphatic heterocycles. The molecule has 0 saturated carbocycles. The van der Waals surface area contributed by atoms with Crippen molar-refractivity contribution in [2.45, 2.75) is 452 Å². The highest BCUT2D eigenvalue weighted by Gasteiger charge is 2.30. The number of phosphoric ester groups is 2. The lowest BCUT2D eigenvalue weighted by Gasteiger charge is -2.21. The summed E-state index contributed by atoms with van der Waals surface area (Å²) in [4.78, 5) is 73.1. The molecular formula is C82H160O17P2. The van der Waals surface area contributed by atoms with E-state index in [1.165, 1.54) is 250 Å². The number of ether oxygens (including phenoxy) is 4. The van der Waals surface area contributed by atoms with Gasteiger partial charge in [0.1, 0.15) is 19.3 Å². The quantitative estimate of drug-likeness (QED) is 0.0222. The highest BCUT2D eigenvalue weighted by atomic mass is 31.2. The number of aliphatic hydroxyl groups excluding tert-OH is 1. The lowest BCUT2D eigenvalue weighted by atomic mass is 10.0. The van der Waals surface area contributed by atoms with E-state index in [4.69, 9.17) is 37.0 Å². The summed E-state index contributed by atoms with van der Waals surface area (Å²) in [6.07, 6.45) is 63.7. The minimum absolute atomic E-state index is 0.108. The van der Waals surface area contributed by atoms with E-state index in [0.717, 1.165) is 102 Å². The molecular weight excluding hydrogens is 1320 g/mol. The van der Waals surface area contributed by atoms with Crippen LogP contribution in [0.15, 0.2) is 0 Å². The van der Waals surface area contributed by atoms with Gasteiger partial charge in [0.2, 0.25) is 0 Å². The third-order valence-corrected chi connectivity index (χ3v) is 21.1. The largest absolute Gasteiger partial charge is 0.472 e. The van der Waals surface area contributed by atoms with E-state index in [2.05, 4.69) is 41.5 Å². The fraction of sp³-hybridized carbons (Fsp3) is 0.951. The van der Waals surface area contributed by atoms with Crippen molar-refractivity contribution < 1.29 is 80.2 Å². The third kappa shape index (κ3) is 76.1. The molecule has 0 amide bonds. The first kappa shape index (κ1) is 99.1. The predicted octanol–water partition coefficient (Wildman–Crippen LogP) is 24.7. The van der Waals surface area contributed by atoms with Gasteiger partial charge in [0.25, 0.3) is 0 Å². The van der Waals surface area contributed by atoms with Gasteiger partial charge in [-0.3, -0.25) is 37.3 Å². The Hall–Kier alpha value is -1.94.